The Balaban J connectivity index is 0.000000238. The zero-order valence-corrected chi connectivity index (χ0v) is 14.6. The maximum absolute atomic E-state index is 4.69. The van der Waals surface area contributed by atoms with Crippen molar-refractivity contribution in [3.8, 4) is 11.4 Å². The normalized spacial score (nSPS) is 16.9. The summed E-state index contributed by atoms with van der Waals surface area (Å²) in [7, 11) is 0. The molecule has 1 aliphatic carbocycles. The number of nitrogens with one attached hydrogen (secondary N) is 2. The number of rotatable bonds is 3. The third kappa shape index (κ3) is 4.56. The van der Waals surface area contributed by atoms with Crippen molar-refractivity contribution in [3.05, 3.63) is 35.3 Å². The maximum Gasteiger partial charge on any atom is 0.209 e. The Morgan fingerprint density at radius 2 is 1.88 bits per heavy atom. The van der Waals surface area contributed by atoms with Crippen molar-refractivity contribution in [1.82, 2.24) is 20.6 Å². The molecule has 2 N–H and O–H groups in total. The fourth-order valence-electron chi connectivity index (χ4n) is 2.72. The van der Waals surface area contributed by atoms with Crippen LogP contribution in [0, 0.1) is 0 Å². The second kappa shape index (κ2) is 8.82. The molecule has 1 saturated heterocycles. The van der Waals surface area contributed by atoms with Crippen LogP contribution in [0.2, 0.25) is 0 Å². The largest absolute Gasteiger partial charge is 0.304 e. The fraction of sp³-hybridized carbons (Fsp3) is 0.389. The van der Waals surface area contributed by atoms with Gasteiger partial charge in [0.1, 0.15) is 5.69 Å². The van der Waals surface area contributed by atoms with Gasteiger partial charge in [0, 0.05) is 12.0 Å². The molecule has 1 aliphatic heterocycles. The van der Waals surface area contributed by atoms with E-state index in [2.05, 4.69) is 44.5 Å². The minimum absolute atomic E-state index is 0.692. The van der Waals surface area contributed by atoms with Crippen molar-refractivity contribution >= 4 is 28.8 Å². The Bertz CT molecular complexity index is 691. The van der Waals surface area contributed by atoms with Crippen LogP contribution in [0.25, 0.3) is 17.0 Å². The first-order valence-corrected chi connectivity index (χ1v) is 9.25. The van der Waals surface area contributed by atoms with Gasteiger partial charge in [-0.1, -0.05) is 12.1 Å². The highest BCUT2D eigenvalue weighted by molar-refractivity contribution is 7.13. The van der Waals surface area contributed by atoms with Crippen LogP contribution in [-0.4, -0.2) is 36.4 Å². The molecule has 0 saturated carbocycles. The highest BCUT2D eigenvalue weighted by Crippen LogP contribution is 2.29. The van der Waals surface area contributed by atoms with Crippen LogP contribution >= 0.6 is 11.3 Å². The fourth-order valence-corrected chi connectivity index (χ4v) is 3.33. The van der Waals surface area contributed by atoms with Gasteiger partial charge in [-0.2, -0.15) is 0 Å². The van der Waals surface area contributed by atoms with Crippen LogP contribution in [0.3, 0.4) is 0 Å². The highest BCUT2D eigenvalue weighted by Gasteiger charge is 2.10. The van der Waals surface area contributed by atoms with E-state index in [9.17, 15) is 0 Å². The molecule has 0 atom stereocenters. The van der Waals surface area contributed by atoms with Gasteiger partial charge in [0.25, 0.3) is 0 Å². The number of pyridine rings is 1. The number of aliphatic imine (C=N–C) groups is 1. The van der Waals surface area contributed by atoms with Crippen LogP contribution in [-0.2, 0) is 0 Å². The standard InChI is InChI=1S/C14H13N3S.C4H10N2/c1-15-14-17-13(9-18-14)12-8-4-7-11(16-12)10-5-2-3-6-10;1-2-5-4-6-3-1/h4-5,7-9H,1-3,6H2;5-6H,1-4H2. The SMILES string of the molecule is C1CNCNC1.C=Nc1nc(-c2cccc(C3=CCCC3)n2)cs1. The van der Waals surface area contributed by atoms with Gasteiger partial charge in [-0.15, -0.1) is 11.3 Å². The van der Waals surface area contributed by atoms with Crippen molar-refractivity contribution in [2.24, 2.45) is 4.99 Å². The van der Waals surface area contributed by atoms with E-state index in [4.69, 9.17) is 0 Å². The minimum Gasteiger partial charge on any atom is -0.304 e. The molecule has 3 heterocycles. The summed E-state index contributed by atoms with van der Waals surface area (Å²) < 4.78 is 0. The number of thiazole rings is 1. The molecular weight excluding hydrogens is 318 g/mol. The van der Waals surface area contributed by atoms with Crippen molar-refractivity contribution in [1.29, 1.82) is 0 Å². The molecule has 4 rings (SSSR count). The second-order valence-corrected chi connectivity index (χ2v) is 6.57. The van der Waals surface area contributed by atoms with Gasteiger partial charge in [-0.3, -0.25) is 0 Å². The third-order valence-corrected chi connectivity index (χ3v) is 4.74. The summed E-state index contributed by atoms with van der Waals surface area (Å²) in [6, 6.07) is 6.10. The van der Waals surface area contributed by atoms with Gasteiger partial charge in [-0.25, -0.2) is 15.0 Å². The van der Waals surface area contributed by atoms with Crippen LogP contribution in [0.4, 0.5) is 5.13 Å². The summed E-state index contributed by atoms with van der Waals surface area (Å²) in [5.41, 5.74) is 4.22. The lowest BCUT2D eigenvalue weighted by Crippen LogP contribution is -2.37. The molecule has 2 aromatic heterocycles. The number of hydrogen-bond donors (Lipinski definition) is 2. The van der Waals surface area contributed by atoms with E-state index >= 15 is 0 Å². The zero-order valence-electron chi connectivity index (χ0n) is 13.8. The first kappa shape index (κ1) is 17.0. The Hall–Kier alpha value is -1.89. The molecule has 6 heteroatoms. The molecule has 0 unspecified atom stereocenters. The summed E-state index contributed by atoms with van der Waals surface area (Å²) in [4.78, 5) is 12.9. The highest BCUT2D eigenvalue weighted by atomic mass is 32.1. The van der Waals surface area contributed by atoms with Crippen molar-refractivity contribution < 1.29 is 0 Å². The van der Waals surface area contributed by atoms with E-state index in [1.165, 1.54) is 49.3 Å². The minimum atomic E-state index is 0.692. The average molecular weight is 341 g/mol. The molecule has 0 spiro atoms. The molecular formula is C18H23N5S. The smallest absolute Gasteiger partial charge is 0.209 e. The van der Waals surface area contributed by atoms with Gasteiger partial charge < -0.3 is 10.6 Å². The third-order valence-electron chi connectivity index (χ3n) is 3.97. The van der Waals surface area contributed by atoms with Crippen LogP contribution in [0.15, 0.2) is 34.6 Å². The molecule has 0 radical (unpaired) electrons. The topological polar surface area (TPSA) is 62.2 Å². The molecule has 0 bridgehead atoms. The van der Waals surface area contributed by atoms with Crippen LogP contribution < -0.4 is 10.6 Å². The van der Waals surface area contributed by atoms with E-state index in [-0.39, 0.29) is 0 Å². The molecule has 126 valence electrons. The second-order valence-electron chi connectivity index (χ2n) is 5.73. The number of nitrogens with zero attached hydrogens (tertiary/aromatic N) is 3. The van der Waals surface area contributed by atoms with Gasteiger partial charge in [0.15, 0.2) is 0 Å². The van der Waals surface area contributed by atoms with E-state index in [1.54, 1.807) is 0 Å². The lowest BCUT2D eigenvalue weighted by atomic mass is 10.1. The van der Waals surface area contributed by atoms with Gasteiger partial charge >= 0.3 is 0 Å². The monoisotopic (exact) mass is 341 g/mol. The molecule has 0 aromatic carbocycles. The van der Waals surface area contributed by atoms with Crippen molar-refractivity contribution in [2.75, 3.05) is 19.8 Å². The summed E-state index contributed by atoms with van der Waals surface area (Å²) in [6.45, 7) is 6.86. The Kier molecular flexibility index (Phi) is 6.23. The molecule has 1 fully saturated rings. The number of aromatic nitrogens is 2. The molecule has 0 amide bonds. The molecule has 5 nitrogen and oxygen atoms in total. The predicted octanol–water partition coefficient (Wildman–Crippen LogP) is 3.63. The van der Waals surface area contributed by atoms with Crippen molar-refractivity contribution in [3.63, 3.8) is 0 Å². The Morgan fingerprint density at radius 3 is 2.46 bits per heavy atom. The van der Waals surface area contributed by atoms with Gasteiger partial charge in [-0.05, 0) is 63.2 Å². The average Bonchev–Trinajstić information content (AvgIpc) is 3.36. The zero-order chi connectivity index (χ0) is 16.6. The summed E-state index contributed by atoms with van der Waals surface area (Å²) in [5.74, 6) is 0. The maximum atomic E-state index is 4.69. The summed E-state index contributed by atoms with van der Waals surface area (Å²) in [5, 5.41) is 9.01. The van der Waals surface area contributed by atoms with E-state index < -0.39 is 0 Å². The van der Waals surface area contributed by atoms with E-state index in [0.717, 1.165) is 30.2 Å². The van der Waals surface area contributed by atoms with E-state index in [0.29, 0.717) is 5.13 Å². The van der Waals surface area contributed by atoms with Crippen molar-refractivity contribution in [2.45, 2.75) is 25.7 Å². The Labute approximate surface area is 147 Å². The number of allylic oxidation sites excluding steroid dienone is 2. The van der Waals surface area contributed by atoms with Gasteiger partial charge in [0.2, 0.25) is 5.13 Å². The number of hydrogen-bond acceptors (Lipinski definition) is 6. The van der Waals surface area contributed by atoms with Crippen LogP contribution in [0.1, 0.15) is 31.4 Å². The molecule has 24 heavy (non-hydrogen) atoms. The predicted molar refractivity (Wildman–Crippen MR) is 102 cm³/mol. The molecule has 2 aromatic rings. The van der Waals surface area contributed by atoms with Gasteiger partial charge in [0.05, 0.1) is 11.4 Å². The first-order valence-electron chi connectivity index (χ1n) is 8.37. The molecule has 2 aliphatic rings. The van der Waals surface area contributed by atoms with E-state index in [1.807, 2.05) is 17.5 Å². The first-order chi connectivity index (χ1) is 11.9. The lowest BCUT2D eigenvalue weighted by molar-refractivity contribution is 0.496. The quantitative estimate of drug-likeness (QED) is 0.837. The lowest BCUT2D eigenvalue weighted by Gasteiger charge is -2.11. The Morgan fingerprint density at radius 1 is 1.04 bits per heavy atom. The van der Waals surface area contributed by atoms with Crippen LogP contribution in [0.5, 0.6) is 0 Å². The summed E-state index contributed by atoms with van der Waals surface area (Å²) >= 11 is 1.49. The summed E-state index contributed by atoms with van der Waals surface area (Å²) in [6.07, 6.45) is 7.10.